The number of nitrogens with zero attached hydrogens (tertiary/aromatic N) is 3. The predicted octanol–water partition coefficient (Wildman–Crippen LogP) is 4.04. The lowest BCUT2D eigenvalue weighted by Gasteiger charge is -2.06. The Bertz CT molecular complexity index is 948. The first-order chi connectivity index (χ1) is 13.0. The molecule has 3 aromatic rings. The van der Waals surface area contributed by atoms with Gasteiger partial charge >= 0.3 is 0 Å². The van der Waals surface area contributed by atoms with Gasteiger partial charge in [-0.15, -0.1) is 10.2 Å². The van der Waals surface area contributed by atoms with Gasteiger partial charge in [0.15, 0.2) is 4.34 Å². The highest BCUT2D eigenvalue weighted by Crippen LogP contribution is 2.28. The Morgan fingerprint density at radius 2 is 2.22 bits per heavy atom. The number of aromatic nitrogens is 2. The second-order valence-electron chi connectivity index (χ2n) is 5.06. The first-order valence-electron chi connectivity index (χ1n) is 7.47. The molecule has 0 bridgehead atoms. The van der Waals surface area contributed by atoms with Crippen LogP contribution in [0.25, 0.3) is 0 Å². The number of carbonyl (C=O) groups excluding carboxylic acids is 1. The van der Waals surface area contributed by atoms with Gasteiger partial charge in [-0.1, -0.05) is 34.7 Å². The quantitative estimate of drug-likeness (QED) is 0.315. The van der Waals surface area contributed by atoms with Crippen molar-refractivity contribution in [3.63, 3.8) is 0 Å². The van der Waals surface area contributed by atoms with Crippen molar-refractivity contribution in [1.29, 1.82) is 0 Å². The van der Waals surface area contributed by atoms with Crippen molar-refractivity contribution in [2.75, 3.05) is 16.4 Å². The molecule has 0 radical (unpaired) electrons. The van der Waals surface area contributed by atoms with E-state index < -0.39 is 4.92 Å². The molecule has 2 N–H and O–H groups in total. The molecule has 9 nitrogen and oxygen atoms in total. The van der Waals surface area contributed by atoms with Crippen LogP contribution in [0, 0.1) is 10.1 Å². The summed E-state index contributed by atoms with van der Waals surface area (Å²) in [6.07, 6.45) is 1.59. The third-order valence-corrected chi connectivity index (χ3v) is 5.51. The van der Waals surface area contributed by atoms with Crippen LogP contribution in [0.3, 0.4) is 0 Å². The molecule has 12 heteroatoms. The fraction of sp³-hybridized carbons (Fsp3) is 0.133. The number of rotatable bonds is 8. The van der Waals surface area contributed by atoms with Crippen LogP contribution in [-0.2, 0) is 11.3 Å². The number of nitrogens with one attached hydrogen (secondary N) is 2. The zero-order chi connectivity index (χ0) is 19.2. The van der Waals surface area contributed by atoms with Gasteiger partial charge in [-0.2, -0.15) is 0 Å². The van der Waals surface area contributed by atoms with Crippen molar-refractivity contribution in [3.8, 4) is 0 Å². The summed E-state index contributed by atoms with van der Waals surface area (Å²) < 4.78 is 5.82. The normalized spacial score (nSPS) is 10.6. The summed E-state index contributed by atoms with van der Waals surface area (Å²) in [7, 11) is 0. The minimum absolute atomic E-state index is 0.0613. The van der Waals surface area contributed by atoms with Gasteiger partial charge in [0.2, 0.25) is 11.0 Å². The van der Waals surface area contributed by atoms with Gasteiger partial charge in [-0.05, 0) is 18.2 Å². The molecule has 0 aliphatic heterocycles. The number of hydrogen-bond donors (Lipinski definition) is 2. The zero-order valence-electron chi connectivity index (χ0n) is 13.5. The van der Waals surface area contributed by atoms with E-state index in [9.17, 15) is 14.9 Å². The molecule has 2 aromatic heterocycles. The summed E-state index contributed by atoms with van der Waals surface area (Å²) in [6.45, 7) is 0.484. The van der Waals surface area contributed by atoms with Crippen molar-refractivity contribution in [3.05, 3.63) is 57.5 Å². The molecule has 0 saturated carbocycles. The summed E-state index contributed by atoms with van der Waals surface area (Å²) in [5.41, 5.74) is 0.0354. The van der Waals surface area contributed by atoms with E-state index in [1.807, 2.05) is 6.07 Å². The number of nitro groups is 1. The van der Waals surface area contributed by atoms with Gasteiger partial charge in [-0.25, -0.2) is 0 Å². The number of non-ortho nitro benzene ring substituents is 1. The molecule has 0 unspecified atom stereocenters. The topological polar surface area (TPSA) is 123 Å². The fourth-order valence-corrected chi connectivity index (χ4v) is 3.66. The van der Waals surface area contributed by atoms with Gasteiger partial charge in [0.05, 0.1) is 34.2 Å². The average molecular weight is 426 g/mol. The van der Waals surface area contributed by atoms with E-state index in [0.29, 0.717) is 16.0 Å². The Balaban J connectivity index is 1.51. The molecule has 1 amide bonds. The van der Waals surface area contributed by atoms with Crippen molar-refractivity contribution < 1.29 is 14.1 Å². The van der Waals surface area contributed by atoms with Crippen LogP contribution >= 0.6 is 34.7 Å². The molecule has 1 aromatic carbocycles. The average Bonchev–Trinajstić information content (AvgIpc) is 3.31. The number of nitro benzene ring substituents is 1. The van der Waals surface area contributed by atoms with Crippen LogP contribution in [0.4, 0.5) is 16.5 Å². The third-order valence-electron chi connectivity index (χ3n) is 3.16. The fourth-order valence-electron chi connectivity index (χ4n) is 1.95. The van der Waals surface area contributed by atoms with Crippen LogP contribution in [0.1, 0.15) is 5.76 Å². The minimum atomic E-state index is -0.556. The van der Waals surface area contributed by atoms with Crippen molar-refractivity contribution >= 4 is 57.1 Å². The third kappa shape index (κ3) is 5.42. The maximum atomic E-state index is 12.1. The number of halogens is 1. The smallest absolute Gasteiger partial charge is 0.271 e. The monoisotopic (exact) mass is 425 g/mol. The number of thioether (sulfide) groups is 1. The number of amides is 1. The highest BCUT2D eigenvalue weighted by molar-refractivity contribution is 8.01. The number of anilines is 2. The Morgan fingerprint density at radius 3 is 2.96 bits per heavy atom. The second kappa shape index (κ2) is 8.84. The first-order valence-corrected chi connectivity index (χ1v) is 9.65. The van der Waals surface area contributed by atoms with Gasteiger partial charge in [-0.3, -0.25) is 14.9 Å². The zero-order valence-corrected chi connectivity index (χ0v) is 15.9. The molecule has 140 valence electrons. The van der Waals surface area contributed by atoms with Crippen LogP contribution in [0.2, 0.25) is 5.02 Å². The molecule has 0 aliphatic rings. The van der Waals surface area contributed by atoms with E-state index in [-0.39, 0.29) is 28.1 Å². The van der Waals surface area contributed by atoms with Gasteiger partial charge in [0, 0.05) is 12.1 Å². The first kappa shape index (κ1) is 19.1. The Labute approximate surface area is 166 Å². The molecule has 0 spiro atoms. The molecule has 3 rings (SSSR count). The van der Waals surface area contributed by atoms with E-state index in [2.05, 4.69) is 20.8 Å². The molecular formula is C15H12ClN5O4S2. The maximum absolute atomic E-state index is 12.1. The van der Waals surface area contributed by atoms with Crippen molar-refractivity contribution in [2.45, 2.75) is 10.9 Å². The SMILES string of the molecule is O=C(CSc1nnc(NCc2ccco2)s1)Nc1cc([N+](=O)[O-])ccc1Cl. The van der Waals surface area contributed by atoms with Crippen molar-refractivity contribution in [1.82, 2.24) is 10.2 Å². The van der Waals surface area contributed by atoms with Crippen molar-refractivity contribution in [2.24, 2.45) is 0 Å². The molecule has 0 atom stereocenters. The van der Waals surface area contributed by atoms with Crippen LogP contribution < -0.4 is 10.6 Å². The lowest BCUT2D eigenvalue weighted by molar-refractivity contribution is -0.384. The standard InChI is InChI=1S/C15H12ClN5O4S2/c16-11-4-3-9(21(23)24)6-12(11)18-13(22)8-26-15-20-19-14(27-15)17-7-10-2-1-5-25-10/h1-6H,7-8H2,(H,17,19)(H,18,22). The van der Waals surface area contributed by atoms with Gasteiger partial charge in [0.25, 0.3) is 5.69 Å². The summed E-state index contributed by atoms with van der Waals surface area (Å²) in [5.74, 6) is 0.474. The largest absolute Gasteiger partial charge is 0.467 e. The maximum Gasteiger partial charge on any atom is 0.271 e. The van der Waals surface area contributed by atoms with Crippen LogP contribution in [0.15, 0.2) is 45.4 Å². The van der Waals surface area contributed by atoms with Crippen LogP contribution in [0.5, 0.6) is 0 Å². The lowest BCUT2D eigenvalue weighted by Crippen LogP contribution is -2.14. The number of carbonyl (C=O) groups is 1. The Hall–Kier alpha value is -2.63. The lowest BCUT2D eigenvalue weighted by atomic mass is 10.3. The molecule has 0 aliphatic carbocycles. The van der Waals surface area contributed by atoms with E-state index in [1.54, 1.807) is 12.3 Å². The van der Waals surface area contributed by atoms with Gasteiger partial charge < -0.3 is 15.1 Å². The second-order valence-corrected chi connectivity index (χ2v) is 7.67. The summed E-state index contributed by atoms with van der Waals surface area (Å²) in [4.78, 5) is 22.3. The number of furan rings is 1. The predicted molar refractivity (Wildman–Crippen MR) is 103 cm³/mol. The minimum Gasteiger partial charge on any atom is -0.467 e. The summed E-state index contributed by atoms with van der Waals surface area (Å²) in [6, 6.07) is 7.49. The van der Waals surface area contributed by atoms with E-state index in [0.717, 1.165) is 5.76 Å². The highest BCUT2D eigenvalue weighted by Gasteiger charge is 2.13. The molecule has 0 saturated heterocycles. The van der Waals surface area contributed by atoms with E-state index in [1.165, 1.54) is 41.3 Å². The molecular weight excluding hydrogens is 414 g/mol. The van der Waals surface area contributed by atoms with Crippen LogP contribution in [-0.4, -0.2) is 26.8 Å². The highest BCUT2D eigenvalue weighted by atomic mass is 35.5. The molecule has 27 heavy (non-hydrogen) atoms. The molecule has 0 fully saturated rings. The Morgan fingerprint density at radius 1 is 1.37 bits per heavy atom. The number of hydrogen-bond acceptors (Lipinski definition) is 9. The van der Waals surface area contributed by atoms with E-state index >= 15 is 0 Å². The van der Waals surface area contributed by atoms with E-state index in [4.69, 9.17) is 16.0 Å². The Kier molecular flexibility index (Phi) is 6.27. The number of benzene rings is 1. The molecule has 2 heterocycles. The van der Waals surface area contributed by atoms with Gasteiger partial charge in [0.1, 0.15) is 5.76 Å². The summed E-state index contributed by atoms with van der Waals surface area (Å²) in [5, 5.41) is 25.3. The summed E-state index contributed by atoms with van der Waals surface area (Å²) >= 11 is 8.47.